The Hall–Kier alpha value is -2.19. The van der Waals surface area contributed by atoms with Crippen molar-refractivity contribution in [2.75, 3.05) is 26.3 Å². The Labute approximate surface area is 241 Å². The zero-order chi connectivity index (χ0) is 29.9. The number of hydrogen-bond acceptors (Lipinski definition) is 6. The van der Waals surface area contributed by atoms with Crippen molar-refractivity contribution in [1.29, 1.82) is 0 Å². The summed E-state index contributed by atoms with van der Waals surface area (Å²) < 4.78 is 12.6. The van der Waals surface area contributed by atoms with Gasteiger partial charge in [-0.15, -0.1) is 13.2 Å². The molecule has 3 heterocycles. The molecule has 2 unspecified atom stereocenters. The summed E-state index contributed by atoms with van der Waals surface area (Å²) in [5.74, 6) is -2.32. The summed E-state index contributed by atoms with van der Waals surface area (Å²) in [6.45, 7) is 21.1. The first-order valence-corrected chi connectivity index (χ1v) is 15.1. The number of nitrogens with zero attached hydrogens (tertiary/aromatic N) is 2. The third kappa shape index (κ3) is 5.89. The van der Waals surface area contributed by atoms with E-state index in [1.165, 1.54) is 0 Å². The predicted molar refractivity (Wildman–Crippen MR) is 155 cm³/mol. The smallest absolute Gasteiger partial charge is 0.312 e. The molecule has 0 saturated carbocycles. The fourth-order valence-electron chi connectivity index (χ4n) is 7.79. The van der Waals surface area contributed by atoms with Crippen LogP contribution in [0.25, 0.3) is 0 Å². The van der Waals surface area contributed by atoms with Crippen LogP contribution in [-0.4, -0.2) is 81.8 Å². The van der Waals surface area contributed by atoms with Gasteiger partial charge in [0, 0.05) is 25.2 Å². The van der Waals surface area contributed by atoms with E-state index in [2.05, 4.69) is 47.8 Å². The molecule has 0 aromatic heterocycles. The maximum Gasteiger partial charge on any atom is 0.312 e. The molecule has 1 spiro atoms. The van der Waals surface area contributed by atoms with Gasteiger partial charge in [0.2, 0.25) is 11.8 Å². The molecule has 3 rings (SSSR count). The Morgan fingerprint density at radius 2 is 1.85 bits per heavy atom. The highest BCUT2D eigenvalue weighted by Crippen LogP contribution is 2.64. The number of rotatable bonds is 15. The third-order valence-electron chi connectivity index (χ3n) is 9.04. The molecular weight excluding hydrogens is 508 g/mol. The number of allylic oxidation sites excluding steroid dienone is 1. The van der Waals surface area contributed by atoms with Crippen LogP contribution in [0.2, 0.25) is 0 Å². The molecule has 40 heavy (non-hydrogen) atoms. The Balaban J connectivity index is 2.06. The van der Waals surface area contributed by atoms with Crippen LogP contribution in [0.15, 0.2) is 25.3 Å². The fourth-order valence-corrected chi connectivity index (χ4v) is 7.79. The second-order valence-electron chi connectivity index (χ2n) is 13.7. The minimum Gasteiger partial charge on any atom is -0.465 e. The van der Waals surface area contributed by atoms with Crippen molar-refractivity contribution >= 4 is 17.8 Å². The van der Waals surface area contributed by atoms with E-state index in [1.54, 1.807) is 17.1 Å². The molecule has 0 aromatic carbocycles. The van der Waals surface area contributed by atoms with Gasteiger partial charge in [-0.05, 0) is 70.6 Å². The average Bonchev–Trinajstić information content (AvgIpc) is 3.47. The number of amides is 2. The summed E-state index contributed by atoms with van der Waals surface area (Å²) in [5, 5.41) is 9.44. The van der Waals surface area contributed by atoms with Gasteiger partial charge in [0.1, 0.15) is 17.6 Å². The molecule has 226 valence electrons. The molecule has 3 saturated heterocycles. The minimum atomic E-state index is -1.09. The quantitative estimate of drug-likeness (QED) is 0.178. The number of fused-ring (bicyclic) bond motifs is 1. The predicted octanol–water partition coefficient (Wildman–Crippen LogP) is 4.65. The molecule has 5 atom stereocenters. The molecule has 3 aliphatic heterocycles. The summed E-state index contributed by atoms with van der Waals surface area (Å²) in [4.78, 5) is 46.1. The molecule has 0 aromatic rings. The van der Waals surface area contributed by atoms with E-state index in [-0.39, 0.29) is 30.4 Å². The van der Waals surface area contributed by atoms with E-state index in [0.29, 0.717) is 51.6 Å². The van der Waals surface area contributed by atoms with Gasteiger partial charge in [0.05, 0.1) is 18.1 Å². The number of hydrogen-bond donors (Lipinski definition) is 1. The van der Waals surface area contributed by atoms with Crippen LogP contribution in [-0.2, 0) is 23.9 Å². The number of aliphatic hydroxyl groups excluding tert-OH is 1. The number of likely N-dealkylation sites (tertiary alicyclic amines) is 1. The van der Waals surface area contributed by atoms with Crippen LogP contribution in [0.1, 0.15) is 92.9 Å². The molecule has 0 aliphatic carbocycles. The van der Waals surface area contributed by atoms with Gasteiger partial charge in [0.15, 0.2) is 0 Å². The molecule has 3 fully saturated rings. The van der Waals surface area contributed by atoms with E-state index in [4.69, 9.17) is 9.47 Å². The van der Waals surface area contributed by atoms with Gasteiger partial charge in [-0.25, -0.2) is 0 Å². The summed E-state index contributed by atoms with van der Waals surface area (Å²) >= 11 is 0. The van der Waals surface area contributed by atoms with Gasteiger partial charge >= 0.3 is 5.97 Å². The zero-order valence-corrected chi connectivity index (χ0v) is 25.7. The monoisotopic (exact) mass is 560 g/mol. The Morgan fingerprint density at radius 3 is 2.42 bits per heavy atom. The number of aliphatic hydroxyl groups is 1. The van der Waals surface area contributed by atoms with E-state index in [0.717, 1.165) is 12.8 Å². The standard InChI is InChI=1S/C32H52N2O6/c1-9-12-15-21-39-28(38)24-23-26(36)33(19-13-14-20-35)25(32(23)17-16-31(24,11-3)40-32)27(37)34(18-10-2)30(7,8)22-29(4,5)6/h9-10,23-25,35H,1-2,11-22H2,3-8H3/t23-,24+,25?,31-,32?/m0/s1. The Bertz CT molecular complexity index is 971. The van der Waals surface area contributed by atoms with E-state index >= 15 is 0 Å². The molecule has 1 N–H and O–H groups in total. The third-order valence-corrected chi connectivity index (χ3v) is 9.04. The lowest BCUT2D eigenvalue weighted by molar-refractivity contribution is -0.163. The van der Waals surface area contributed by atoms with Crippen LogP contribution in [0, 0.1) is 17.3 Å². The summed E-state index contributed by atoms with van der Waals surface area (Å²) in [7, 11) is 0. The molecule has 0 radical (unpaired) electrons. The fraction of sp³-hybridized carbons (Fsp3) is 0.781. The zero-order valence-electron chi connectivity index (χ0n) is 25.7. The van der Waals surface area contributed by atoms with Crippen molar-refractivity contribution < 1.29 is 29.0 Å². The molecule has 3 aliphatic rings. The maximum absolute atomic E-state index is 14.7. The van der Waals surface area contributed by atoms with E-state index in [1.807, 2.05) is 11.8 Å². The van der Waals surface area contributed by atoms with E-state index < -0.39 is 40.6 Å². The lowest BCUT2D eigenvalue weighted by atomic mass is 9.65. The number of unbranched alkanes of at least 4 members (excludes halogenated alkanes) is 2. The van der Waals surface area contributed by atoms with Crippen molar-refractivity contribution in [2.45, 2.75) is 116 Å². The maximum atomic E-state index is 14.7. The van der Waals surface area contributed by atoms with Crippen molar-refractivity contribution in [2.24, 2.45) is 17.3 Å². The topological polar surface area (TPSA) is 96.4 Å². The van der Waals surface area contributed by atoms with Crippen molar-refractivity contribution in [3.63, 3.8) is 0 Å². The van der Waals surface area contributed by atoms with Crippen LogP contribution in [0.3, 0.4) is 0 Å². The van der Waals surface area contributed by atoms with Gasteiger partial charge in [0.25, 0.3) is 0 Å². The van der Waals surface area contributed by atoms with Crippen molar-refractivity contribution in [3.8, 4) is 0 Å². The average molecular weight is 561 g/mol. The molecule has 8 nitrogen and oxygen atoms in total. The van der Waals surface area contributed by atoms with Crippen molar-refractivity contribution in [1.82, 2.24) is 9.80 Å². The highest BCUT2D eigenvalue weighted by Gasteiger charge is 2.79. The van der Waals surface area contributed by atoms with Gasteiger partial charge in [-0.1, -0.05) is 39.8 Å². The molecule has 2 amide bonds. The van der Waals surface area contributed by atoms with Gasteiger partial charge in [-0.2, -0.15) is 0 Å². The first kappa shape index (κ1) is 32.3. The number of esters is 1. The van der Waals surface area contributed by atoms with Gasteiger partial charge < -0.3 is 24.4 Å². The highest BCUT2D eigenvalue weighted by atomic mass is 16.6. The second-order valence-corrected chi connectivity index (χ2v) is 13.7. The van der Waals surface area contributed by atoms with Crippen LogP contribution < -0.4 is 0 Å². The van der Waals surface area contributed by atoms with Crippen molar-refractivity contribution in [3.05, 3.63) is 25.3 Å². The summed E-state index contributed by atoms with van der Waals surface area (Å²) in [5.41, 5.74) is -2.47. The Morgan fingerprint density at radius 1 is 1.15 bits per heavy atom. The minimum absolute atomic E-state index is 0.00548. The SMILES string of the molecule is C=CCCCOC(=O)[C@H]1[C@H]2C(=O)N(CCCCO)C(C(=O)N(CC=C)C(C)(C)CC(C)(C)C)C23CC[C@]1(CC)O3. The van der Waals surface area contributed by atoms with Crippen LogP contribution >= 0.6 is 0 Å². The number of carbonyl (C=O) groups excluding carboxylic acids is 3. The largest absolute Gasteiger partial charge is 0.465 e. The van der Waals surface area contributed by atoms with E-state index in [9.17, 15) is 19.5 Å². The molecule has 2 bridgehead atoms. The van der Waals surface area contributed by atoms with Crippen LogP contribution in [0.5, 0.6) is 0 Å². The molecule has 8 heteroatoms. The number of ether oxygens (including phenoxy) is 2. The first-order chi connectivity index (χ1) is 18.7. The van der Waals surface area contributed by atoms with Crippen LogP contribution in [0.4, 0.5) is 0 Å². The Kier molecular flexibility index (Phi) is 9.99. The summed E-state index contributed by atoms with van der Waals surface area (Å²) in [6.07, 6.45) is 8.43. The van der Waals surface area contributed by atoms with Gasteiger partial charge in [-0.3, -0.25) is 14.4 Å². The summed E-state index contributed by atoms with van der Waals surface area (Å²) in [6, 6.07) is -0.852. The lowest BCUT2D eigenvalue weighted by Crippen LogP contribution is -2.61. The number of carbonyl (C=O) groups is 3. The molecular formula is C32H52N2O6. The normalized spacial score (nSPS) is 29.4. The lowest BCUT2D eigenvalue weighted by Gasteiger charge is -2.45. The highest BCUT2D eigenvalue weighted by molar-refractivity contribution is 5.98. The first-order valence-electron chi connectivity index (χ1n) is 15.1. The second kappa shape index (κ2) is 12.4.